The maximum Gasteiger partial charge on any atom is 0.0929 e. The monoisotopic (exact) mass is 234 g/mol. The van der Waals surface area contributed by atoms with Gasteiger partial charge in [0.05, 0.1) is 15.0 Å². The van der Waals surface area contributed by atoms with E-state index in [0.29, 0.717) is 0 Å². The zero-order chi connectivity index (χ0) is 8.48. The molecule has 62 valence electrons. The van der Waals surface area contributed by atoms with Gasteiger partial charge in [-0.1, -0.05) is 0 Å². The second kappa shape index (κ2) is 3.21. The van der Waals surface area contributed by atoms with E-state index in [1.165, 1.54) is 0 Å². The summed E-state index contributed by atoms with van der Waals surface area (Å²) >= 11 is 5.01. The Kier molecular flexibility index (Phi) is 2.67. The van der Waals surface area contributed by atoms with E-state index < -0.39 is 0 Å². The first-order valence-corrected chi connectivity index (χ1v) is 5.03. The van der Waals surface area contributed by atoms with E-state index in [-0.39, 0.29) is 5.54 Å². The van der Waals surface area contributed by atoms with Crippen molar-refractivity contribution in [2.75, 3.05) is 0 Å². The Morgan fingerprint density at radius 3 is 2.73 bits per heavy atom. The third-order valence-corrected chi connectivity index (χ3v) is 2.89. The number of hydrogen-bond donors (Lipinski definition) is 1. The van der Waals surface area contributed by atoms with E-state index in [4.69, 9.17) is 5.73 Å². The molecule has 4 heteroatoms. The second-order valence-electron chi connectivity index (χ2n) is 3.24. The Labute approximate surface area is 79.0 Å². The summed E-state index contributed by atoms with van der Waals surface area (Å²) in [6.45, 7) is 4.00. The molecule has 2 N–H and O–H groups in total. The average molecular weight is 235 g/mol. The topological polar surface area (TPSA) is 38.9 Å². The zero-order valence-corrected chi connectivity index (χ0v) is 9.00. The highest BCUT2D eigenvalue weighted by Crippen LogP contribution is 2.23. The second-order valence-corrected chi connectivity index (χ2v) is 5.41. The lowest BCUT2D eigenvalue weighted by atomic mass is 10.0. The molecule has 1 heterocycles. The Bertz CT molecular complexity index is 239. The minimum absolute atomic E-state index is 0.170. The fourth-order valence-electron chi connectivity index (χ4n) is 0.802. The van der Waals surface area contributed by atoms with Gasteiger partial charge in [-0.3, -0.25) is 0 Å². The summed E-state index contributed by atoms with van der Waals surface area (Å²) in [6.07, 6.45) is 0.817. The average Bonchev–Trinajstić information content (AvgIpc) is 2.12. The Balaban J connectivity index is 2.72. The Morgan fingerprint density at radius 2 is 2.36 bits per heavy atom. The van der Waals surface area contributed by atoms with Gasteiger partial charge in [0.15, 0.2) is 0 Å². The maximum atomic E-state index is 5.84. The molecule has 0 aliphatic carbocycles. The predicted molar refractivity (Wildman–Crippen MR) is 51.8 cm³/mol. The van der Waals surface area contributed by atoms with Crippen LogP contribution in [-0.4, -0.2) is 10.5 Å². The summed E-state index contributed by atoms with van der Waals surface area (Å²) < 4.78 is 1.09. The predicted octanol–water partition coefficient (Wildman–Crippen LogP) is 2.19. The van der Waals surface area contributed by atoms with Crippen LogP contribution in [0.1, 0.15) is 19.5 Å². The highest BCUT2D eigenvalue weighted by Gasteiger charge is 2.15. The Morgan fingerprint density at radius 1 is 1.73 bits per heavy atom. The summed E-state index contributed by atoms with van der Waals surface area (Å²) in [5.41, 5.74) is 8.55. The van der Waals surface area contributed by atoms with Gasteiger partial charge in [-0.15, -0.1) is 11.3 Å². The fraction of sp³-hybridized carbons (Fsp3) is 0.571. The lowest BCUT2D eigenvalue weighted by Gasteiger charge is -2.16. The van der Waals surface area contributed by atoms with Crippen LogP contribution in [0.2, 0.25) is 0 Å². The molecule has 0 saturated carbocycles. The minimum Gasteiger partial charge on any atom is -0.325 e. The van der Waals surface area contributed by atoms with Crippen LogP contribution < -0.4 is 5.73 Å². The highest BCUT2D eigenvalue weighted by molar-refractivity contribution is 9.11. The number of nitrogens with zero attached hydrogens (tertiary/aromatic N) is 1. The largest absolute Gasteiger partial charge is 0.325 e. The normalized spacial score (nSPS) is 12.0. The number of nitrogens with two attached hydrogens (primary N) is 1. The van der Waals surface area contributed by atoms with Crippen molar-refractivity contribution in [3.63, 3.8) is 0 Å². The number of halogens is 1. The summed E-state index contributed by atoms with van der Waals surface area (Å²) in [6, 6.07) is 0. The minimum atomic E-state index is -0.170. The van der Waals surface area contributed by atoms with Crippen molar-refractivity contribution in [1.29, 1.82) is 0 Å². The SMILES string of the molecule is CC(C)(N)Cc1ncsc1Br. The lowest BCUT2D eigenvalue weighted by molar-refractivity contribution is 0.510. The van der Waals surface area contributed by atoms with Crippen LogP contribution in [0.5, 0.6) is 0 Å². The molecule has 0 fully saturated rings. The lowest BCUT2D eigenvalue weighted by Crippen LogP contribution is -2.34. The first kappa shape index (κ1) is 9.16. The quantitative estimate of drug-likeness (QED) is 0.853. The molecule has 1 aromatic heterocycles. The van der Waals surface area contributed by atoms with Crippen LogP contribution in [0.25, 0.3) is 0 Å². The number of hydrogen-bond acceptors (Lipinski definition) is 3. The molecular formula is C7H11BrN2S. The molecule has 0 aliphatic heterocycles. The molecule has 1 aromatic rings. The smallest absolute Gasteiger partial charge is 0.0929 e. The molecule has 0 aliphatic rings. The van der Waals surface area contributed by atoms with Gasteiger partial charge in [-0.05, 0) is 29.8 Å². The summed E-state index contributed by atoms with van der Waals surface area (Å²) in [5, 5.41) is 0. The zero-order valence-electron chi connectivity index (χ0n) is 6.60. The number of thiazole rings is 1. The van der Waals surface area contributed by atoms with E-state index in [1.807, 2.05) is 19.4 Å². The third-order valence-electron chi connectivity index (χ3n) is 1.21. The van der Waals surface area contributed by atoms with Crippen molar-refractivity contribution >= 4 is 27.3 Å². The molecule has 0 saturated heterocycles. The molecule has 2 nitrogen and oxygen atoms in total. The molecule has 0 spiro atoms. The van der Waals surface area contributed by atoms with E-state index in [0.717, 1.165) is 15.9 Å². The summed E-state index contributed by atoms with van der Waals surface area (Å²) in [5.74, 6) is 0. The molecular weight excluding hydrogens is 224 g/mol. The van der Waals surface area contributed by atoms with Gasteiger partial charge in [0.25, 0.3) is 0 Å². The van der Waals surface area contributed by atoms with E-state index in [1.54, 1.807) is 11.3 Å². The number of rotatable bonds is 2. The van der Waals surface area contributed by atoms with Gasteiger partial charge in [0.1, 0.15) is 0 Å². The van der Waals surface area contributed by atoms with Crippen LogP contribution in [0.3, 0.4) is 0 Å². The van der Waals surface area contributed by atoms with Gasteiger partial charge in [0, 0.05) is 12.0 Å². The van der Waals surface area contributed by atoms with Gasteiger partial charge in [-0.2, -0.15) is 0 Å². The third kappa shape index (κ3) is 2.89. The van der Waals surface area contributed by atoms with Crippen molar-refractivity contribution in [2.24, 2.45) is 5.73 Å². The van der Waals surface area contributed by atoms with Crippen molar-refractivity contribution in [3.05, 3.63) is 15.0 Å². The number of aromatic nitrogens is 1. The first-order chi connectivity index (χ1) is 4.99. The van der Waals surface area contributed by atoms with Gasteiger partial charge >= 0.3 is 0 Å². The van der Waals surface area contributed by atoms with Crippen molar-refractivity contribution in [3.8, 4) is 0 Å². The van der Waals surface area contributed by atoms with Gasteiger partial charge < -0.3 is 5.73 Å². The maximum absolute atomic E-state index is 5.84. The molecule has 0 atom stereocenters. The van der Waals surface area contributed by atoms with Gasteiger partial charge in [-0.25, -0.2) is 4.98 Å². The van der Waals surface area contributed by atoms with Crippen LogP contribution >= 0.6 is 27.3 Å². The van der Waals surface area contributed by atoms with Crippen LogP contribution in [0.15, 0.2) is 9.30 Å². The molecule has 11 heavy (non-hydrogen) atoms. The molecule has 0 bridgehead atoms. The molecule has 1 rings (SSSR count). The summed E-state index contributed by atoms with van der Waals surface area (Å²) in [4.78, 5) is 4.19. The van der Waals surface area contributed by atoms with E-state index >= 15 is 0 Å². The highest BCUT2D eigenvalue weighted by atomic mass is 79.9. The standard InChI is InChI=1S/C7H11BrN2S/c1-7(2,9)3-5-6(8)11-4-10-5/h4H,3,9H2,1-2H3. The summed E-state index contributed by atoms with van der Waals surface area (Å²) in [7, 11) is 0. The van der Waals surface area contributed by atoms with Crippen molar-refractivity contribution in [2.45, 2.75) is 25.8 Å². The molecule has 0 aromatic carbocycles. The van der Waals surface area contributed by atoms with Crippen LogP contribution in [0, 0.1) is 0 Å². The molecule has 0 radical (unpaired) electrons. The van der Waals surface area contributed by atoms with Crippen molar-refractivity contribution < 1.29 is 0 Å². The van der Waals surface area contributed by atoms with Crippen LogP contribution in [-0.2, 0) is 6.42 Å². The molecule has 0 amide bonds. The Hall–Kier alpha value is 0.0700. The van der Waals surface area contributed by atoms with Crippen LogP contribution in [0.4, 0.5) is 0 Å². The first-order valence-electron chi connectivity index (χ1n) is 3.36. The molecule has 0 unspecified atom stereocenters. The van der Waals surface area contributed by atoms with Crippen molar-refractivity contribution in [1.82, 2.24) is 4.98 Å². The van der Waals surface area contributed by atoms with E-state index in [2.05, 4.69) is 20.9 Å². The van der Waals surface area contributed by atoms with E-state index in [9.17, 15) is 0 Å². The fourth-order valence-corrected chi connectivity index (χ4v) is 1.83. The van der Waals surface area contributed by atoms with Gasteiger partial charge in [0.2, 0.25) is 0 Å².